The Morgan fingerprint density at radius 1 is 1.42 bits per heavy atom. The summed E-state index contributed by atoms with van der Waals surface area (Å²) < 4.78 is 5.75. The number of hydrogen-bond donors (Lipinski definition) is 1. The number of carbonyl (C=O) groups is 1. The number of carbonyl (C=O) groups excluding carboxylic acids is 1. The maximum absolute atomic E-state index is 12.5. The number of aryl methyl sites for hydroxylation is 2. The van der Waals surface area contributed by atoms with Crippen molar-refractivity contribution in [3.8, 4) is 0 Å². The Balaban J connectivity index is 1.52. The smallest absolute Gasteiger partial charge is 0.287 e. The summed E-state index contributed by atoms with van der Waals surface area (Å²) in [6.45, 7) is 4.21. The van der Waals surface area contributed by atoms with E-state index in [1.165, 1.54) is 17.8 Å². The van der Waals surface area contributed by atoms with E-state index in [0.29, 0.717) is 28.8 Å². The van der Waals surface area contributed by atoms with Gasteiger partial charge in [0.1, 0.15) is 5.58 Å². The Kier molecular flexibility index (Phi) is 3.85. The van der Waals surface area contributed by atoms with Crippen molar-refractivity contribution in [2.75, 3.05) is 0 Å². The van der Waals surface area contributed by atoms with Gasteiger partial charge in [-0.1, -0.05) is 11.6 Å². The number of fused-ring (bicyclic) bond motifs is 1. The number of nitrogens with zero attached hydrogens (tertiary/aromatic N) is 1. The van der Waals surface area contributed by atoms with Gasteiger partial charge in [0.25, 0.3) is 5.91 Å². The van der Waals surface area contributed by atoms with Crippen molar-refractivity contribution in [3.05, 3.63) is 50.1 Å². The SMILES string of the molecule is Cc1cc2oc(C(=O)NCc3csc(C4CC4)n3)c(C)c2cc1Cl. The van der Waals surface area contributed by atoms with Gasteiger partial charge in [-0.05, 0) is 44.4 Å². The minimum absolute atomic E-state index is 0.224. The number of amides is 1. The van der Waals surface area contributed by atoms with Crippen molar-refractivity contribution in [1.82, 2.24) is 10.3 Å². The molecule has 4 rings (SSSR count). The van der Waals surface area contributed by atoms with E-state index in [-0.39, 0.29) is 5.91 Å². The summed E-state index contributed by atoms with van der Waals surface area (Å²) in [5.74, 6) is 0.757. The molecule has 1 saturated carbocycles. The fraction of sp³-hybridized carbons (Fsp3) is 0.333. The summed E-state index contributed by atoms with van der Waals surface area (Å²) in [5, 5.41) is 7.65. The van der Waals surface area contributed by atoms with Gasteiger partial charge in [0.05, 0.1) is 17.2 Å². The Morgan fingerprint density at radius 3 is 2.96 bits per heavy atom. The number of benzene rings is 1. The molecule has 2 aromatic heterocycles. The number of hydrogen-bond acceptors (Lipinski definition) is 4. The molecule has 1 amide bonds. The summed E-state index contributed by atoms with van der Waals surface area (Å²) >= 11 is 7.85. The molecule has 124 valence electrons. The molecule has 0 bridgehead atoms. The standard InChI is InChI=1S/C18H17ClN2O2S/c1-9-5-15-13(6-14(9)19)10(2)16(23-15)17(22)20-7-12-8-24-18(21-12)11-3-4-11/h5-6,8,11H,3-4,7H2,1-2H3,(H,20,22). The average Bonchev–Trinajstić information content (AvgIpc) is 3.23. The molecule has 0 atom stereocenters. The maximum Gasteiger partial charge on any atom is 0.287 e. The normalized spacial score (nSPS) is 14.3. The fourth-order valence-corrected chi connectivity index (χ4v) is 3.89. The first kappa shape index (κ1) is 15.7. The first-order valence-corrected chi connectivity index (χ1v) is 9.20. The van der Waals surface area contributed by atoms with E-state index in [0.717, 1.165) is 22.2 Å². The van der Waals surface area contributed by atoms with Gasteiger partial charge in [-0.3, -0.25) is 4.79 Å². The minimum atomic E-state index is -0.224. The van der Waals surface area contributed by atoms with Crippen LogP contribution in [-0.2, 0) is 6.54 Å². The van der Waals surface area contributed by atoms with Gasteiger partial charge in [0.15, 0.2) is 5.76 Å². The lowest BCUT2D eigenvalue weighted by atomic mass is 10.1. The first-order chi connectivity index (χ1) is 11.5. The molecule has 1 aromatic carbocycles. The molecular formula is C18H17ClN2O2S. The predicted octanol–water partition coefficient (Wildman–Crippen LogP) is 4.97. The van der Waals surface area contributed by atoms with Crippen LogP contribution in [0, 0.1) is 13.8 Å². The summed E-state index contributed by atoms with van der Waals surface area (Å²) in [4.78, 5) is 17.1. The number of halogens is 1. The Bertz CT molecular complexity index is 940. The quantitative estimate of drug-likeness (QED) is 0.714. The lowest BCUT2D eigenvalue weighted by Crippen LogP contribution is -2.23. The third-order valence-electron chi connectivity index (χ3n) is 4.35. The summed E-state index contributed by atoms with van der Waals surface area (Å²) in [7, 11) is 0. The molecule has 0 radical (unpaired) electrons. The largest absolute Gasteiger partial charge is 0.451 e. The van der Waals surface area contributed by atoms with Gasteiger partial charge < -0.3 is 9.73 Å². The van der Waals surface area contributed by atoms with Crippen LogP contribution in [0.4, 0.5) is 0 Å². The zero-order valence-electron chi connectivity index (χ0n) is 13.5. The van der Waals surface area contributed by atoms with E-state index in [4.69, 9.17) is 16.0 Å². The van der Waals surface area contributed by atoms with E-state index in [9.17, 15) is 4.79 Å². The van der Waals surface area contributed by atoms with Crippen LogP contribution < -0.4 is 5.32 Å². The second-order valence-corrected chi connectivity index (χ2v) is 7.58. The minimum Gasteiger partial charge on any atom is -0.451 e. The lowest BCUT2D eigenvalue weighted by molar-refractivity contribution is 0.0924. The number of aromatic nitrogens is 1. The summed E-state index contributed by atoms with van der Waals surface area (Å²) in [6.07, 6.45) is 2.47. The van der Waals surface area contributed by atoms with Gasteiger partial charge >= 0.3 is 0 Å². The van der Waals surface area contributed by atoms with Crippen LogP contribution in [0.2, 0.25) is 5.02 Å². The molecule has 1 aliphatic rings. The van der Waals surface area contributed by atoms with Crippen LogP contribution in [0.25, 0.3) is 11.0 Å². The highest BCUT2D eigenvalue weighted by molar-refractivity contribution is 7.09. The molecular weight excluding hydrogens is 344 g/mol. The third-order valence-corrected chi connectivity index (χ3v) is 5.81. The molecule has 24 heavy (non-hydrogen) atoms. The van der Waals surface area contributed by atoms with Gasteiger partial charge in [-0.25, -0.2) is 4.98 Å². The van der Waals surface area contributed by atoms with E-state index in [1.54, 1.807) is 11.3 Å². The molecule has 0 unspecified atom stereocenters. The van der Waals surface area contributed by atoms with Crippen LogP contribution in [0.5, 0.6) is 0 Å². The number of nitrogens with one attached hydrogen (secondary N) is 1. The lowest BCUT2D eigenvalue weighted by Gasteiger charge is -2.01. The highest BCUT2D eigenvalue weighted by Gasteiger charge is 2.26. The van der Waals surface area contributed by atoms with Crippen molar-refractivity contribution < 1.29 is 9.21 Å². The molecule has 0 spiro atoms. The van der Waals surface area contributed by atoms with Crippen molar-refractivity contribution in [3.63, 3.8) is 0 Å². The van der Waals surface area contributed by atoms with E-state index < -0.39 is 0 Å². The van der Waals surface area contributed by atoms with Crippen LogP contribution in [0.3, 0.4) is 0 Å². The van der Waals surface area contributed by atoms with Crippen LogP contribution in [-0.4, -0.2) is 10.9 Å². The maximum atomic E-state index is 12.5. The van der Waals surface area contributed by atoms with Gasteiger partial charge in [-0.15, -0.1) is 11.3 Å². The van der Waals surface area contributed by atoms with Gasteiger partial charge in [-0.2, -0.15) is 0 Å². The van der Waals surface area contributed by atoms with Gasteiger partial charge in [0.2, 0.25) is 0 Å². The molecule has 1 fully saturated rings. The Morgan fingerprint density at radius 2 is 2.21 bits per heavy atom. The monoisotopic (exact) mass is 360 g/mol. The van der Waals surface area contributed by atoms with Crippen LogP contribution in [0.1, 0.15) is 51.1 Å². The molecule has 3 aromatic rings. The molecule has 1 N–H and O–H groups in total. The molecule has 0 saturated heterocycles. The number of furan rings is 1. The third kappa shape index (κ3) is 2.82. The average molecular weight is 361 g/mol. The van der Waals surface area contributed by atoms with Crippen LogP contribution >= 0.6 is 22.9 Å². The van der Waals surface area contributed by atoms with Crippen molar-refractivity contribution in [1.29, 1.82) is 0 Å². The van der Waals surface area contributed by atoms with Gasteiger partial charge in [0, 0.05) is 27.3 Å². The second kappa shape index (κ2) is 5.90. The molecule has 0 aliphatic heterocycles. The first-order valence-electron chi connectivity index (χ1n) is 7.94. The molecule has 4 nitrogen and oxygen atoms in total. The Hall–Kier alpha value is -1.85. The topological polar surface area (TPSA) is 55.1 Å². The second-order valence-electron chi connectivity index (χ2n) is 6.29. The highest BCUT2D eigenvalue weighted by atomic mass is 35.5. The number of thiazole rings is 1. The molecule has 2 heterocycles. The number of rotatable bonds is 4. The summed E-state index contributed by atoms with van der Waals surface area (Å²) in [5.41, 5.74) is 3.33. The Labute approximate surface area is 148 Å². The predicted molar refractivity (Wildman–Crippen MR) is 96.0 cm³/mol. The zero-order valence-corrected chi connectivity index (χ0v) is 15.1. The molecule has 6 heteroatoms. The van der Waals surface area contributed by atoms with Crippen LogP contribution in [0.15, 0.2) is 21.9 Å². The summed E-state index contributed by atoms with van der Waals surface area (Å²) in [6, 6.07) is 3.72. The van der Waals surface area contributed by atoms with E-state index in [2.05, 4.69) is 10.3 Å². The van der Waals surface area contributed by atoms with E-state index >= 15 is 0 Å². The zero-order chi connectivity index (χ0) is 16.8. The van der Waals surface area contributed by atoms with Crippen molar-refractivity contribution >= 4 is 39.8 Å². The van der Waals surface area contributed by atoms with Crippen molar-refractivity contribution in [2.24, 2.45) is 0 Å². The fourth-order valence-electron chi connectivity index (χ4n) is 2.73. The van der Waals surface area contributed by atoms with Crippen molar-refractivity contribution in [2.45, 2.75) is 39.2 Å². The molecule has 1 aliphatic carbocycles. The highest BCUT2D eigenvalue weighted by Crippen LogP contribution is 2.41. The van der Waals surface area contributed by atoms with E-state index in [1.807, 2.05) is 31.4 Å².